The number of aromatic nitrogens is 1. The van der Waals surface area contributed by atoms with Crippen molar-refractivity contribution < 1.29 is 0 Å². The van der Waals surface area contributed by atoms with E-state index in [2.05, 4.69) is 33.2 Å². The van der Waals surface area contributed by atoms with Gasteiger partial charge >= 0.3 is 0 Å². The predicted octanol–water partition coefficient (Wildman–Crippen LogP) is 2.38. The lowest BCUT2D eigenvalue weighted by molar-refractivity contribution is 0.627. The van der Waals surface area contributed by atoms with Crippen molar-refractivity contribution in [3.8, 4) is 0 Å². The Kier molecular flexibility index (Phi) is 4.90. The van der Waals surface area contributed by atoms with E-state index in [1.165, 1.54) is 0 Å². The second-order valence-corrected chi connectivity index (χ2v) is 4.14. The largest absolute Gasteiger partial charge is 0.382 e. The molecule has 3 nitrogen and oxygen atoms in total. The van der Waals surface area contributed by atoms with Gasteiger partial charge in [-0.2, -0.15) is 0 Å². The molecule has 1 unspecified atom stereocenters. The molecule has 0 saturated heterocycles. The molecule has 0 fully saturated rings. The van der Waals surface area contributed by atoms with Crippen molar-refractivity contribution in [2.24, 2.45) is 5.73 Å². The maximum atomic E-state index is 5.89. The lowest BCUT2D eigenvalue weighted by Crippen LogP contribution is -2.28. The monoisotopic (exact) mass is 257 g/mol. The molecule has 0 aliphatic rings. The number of nitrogens with one attached hydrogen (secondary N) is 1. The summed E-state index contributed by atoms with van der Waals surface area (Å²) >= 11 is 3.42. The first-order valence-electron chi connectivity index (χ1n) is 4.83. The van der Waals surface area contributed by atoms with Crippen LogP contribution in [0.3, 0.4) is 0 Å². The van der Waals surface area contributed by atoms with Gasteiger partial charge in [0.05, 0.1) is 10.2 Å². The number of pyridine rings is 1. The van der Waals surface area contributed by atoms with E-state index >= 15 is 0 Å². The molecule has 1 rings (SSSR count). The molecule has 0 aliphatic heterocycles. The van der Waals surface area contributed by atoms with E-state index in [-0.39, 0.29) is 6.04 Å². The normalized spacial score (nSPS) is 12.5. The molecule has 14 heavy (non-hydrogen) atoms. The van der Waals surface area contributed by atoms with Crippen LogP contribution in [0, 0.1) is 0 Å². The Balaban J connectivity index is 2.41. The molecule has 1 atom stereocenters. The summed E-state index contributed by atoms with van der Waals surface area (Å²) in [4.78, 5) is 3.99. The van der Waals surface area contributed by atoms with E-state index in [9.17, 15) is 0 Å². The summed E-state index contributed by atoms with van der Waals surface area (Å²) in [5.41, 5.74) is 6.94. The molecular weight excluding hydrogens is 242 g/mol. The van der Waals surface area contributed by atoms with E-state index in [1.807, 2.05) is 6.07 Å². The van der Waals surface area contributed by atoms with E-state index in [4.69, 9.17) is 5.73 Å². The molecule has 4 heteroatoms. The van der Waals surface area contributed by atoms with Crippen LogP contribution in [0.4, 0.5) is 5.69 Å². The molecule has 0 amide bonds. The minimum atomic E-state index is 0.222. The number of hydrogen-bond donors (Lipinski definition) is 2. The summed E-state index contributed by atoms with van der Waals surface area (Å²) in [6.07, 6.45) is 5.71. The Morgan fingerprint density at radius 2 is 2.43 bits per heavy atom. The van der Waals surface area contributed by atoms with Gasteiger partial charge < -0.3 is 11.1 Å². The molecule has 0 bridgehead atoms. The molecule has 1 aromatic rings. The highest BCUT2D eigenvalue weighted by Crippen LogP contribution is 2.19. The standard InChI is InChI=1S/C10H16BrN3/c1-2-3-8(12)6-14-10-4-5-13-7-9(10)11/h4-5,7-8H,2-3,6,12H2,1H3,(H,13,14). The van der Waals surface area contributed by atoms with Crippen molar-refractivity contribution in [3.63, 3.8) is 0 Å². The van der Waals surface area contributed by atoms with Crippen LogP contribution in [0.15, 0.2) is 22.9 Å². The first-order valence-corrected chi connectivity index (χ1v) is 5.62. The lowest BCUT2D eigenvalue weighted by Gasteiger charge is -2.13. The predicted molar refractivity (Wildman–Crippen MR) is 63.3 cm³/mol. The molecule has 78 valence electrons. The van der Waals surface area contributed by atoms with Gasteiger partial charge in [0.1, 0.15) is 0 Å². The third-order valence-corrected chi connectivity index (χ3v) is 2.62. The van der Waals surface area contributed by atoms with Crippen molar-refractivity contribution in [2.45, 2.75) is 25.8 Å². The number of rotatable bonds is 5. The van der Waals surface area contributed by atoms with Gasteiger partial charge in [-0.05, 0) is 28.4 Å². The zero-order valence-electron chi connectivity index (χ0n) is 8.33. The minimum Gasteiger partial charge on any atom is -0.382 e. The highest BCUT2D eigenvalue weighted by atomic mass is 79.9. The number of nitrogens with two attached hydrogens (primary N) is 1. The Bertz CT molecular complexity index is 278. The third kappa shape index (κ3) is 3.64. The molecule has 0 aromatic carbocycles. The summed E-state index contributed by atoms with van der Waals surface area (Å²) in [5.74, 6) is 0. The molecule has 0 spiro atoms. The van der Waals surface area contributed by atoms with Crippen LogP contribution in [-0.4, -0.2) is 17.6 Å². The smallest absolute Gasteiger partial charge is 0.0590 e. The van der Waals surface area contributed by atoms with Crippen molar-refractivity contribution >= 4 is 21.6 Å². The fourth-order valence-corrected chi connectivity index (χ4v) is 1.62. The summed E-state index contributed by atoms with van der Waals surface area (Å²) in [6, 6.07) is 2.16. The second kappa shape index (κ2) is 5.98. The van der Waals surface area contributed by atoms with Gasteiger partial charge in [0.15, 0.2) is 0 Å². The first-order chi connectivity index (χ1) is 6.74. The van der Waals surface area contributed by atoms with Gasteiger partial charge in [-0.1, -0.05) is 13.3 Å². The quantitative estimate of drug-likeness (QED) is 0.852. The van der Waals surface area contributed by atoms with Crippen LogP contribution in [0.1, 0.15) is 19.8 Å². The van der Waals surface area contributed by atoms with Gasteiger partial charge in [0.25, 0.3) is 0 Å². The first kappa shape index (κ1) is 11.5. The average Bonchev–Trinajstić information content (AvgIpc) is 2.17. The van der Waals surface area contributed by atoms with Crippen LogP contribution >= 0.6 is 15.9 Å². The lowest BCUT2D eigenvalue weighted by atomic mass is 10.2. The van der Waals surface area contributed by atoms with E-state index in [1.54, 1.807) is 12.4 Å². The highest BCUT2D eigenvalue weighted by Gasteiger charge is 2.02. The van der Waals surface area contributed by atoms with Gasteiger partial charge in [0.2, 0.25) is 0 Å². The van der Waals surface area contributed by atoms with Crippen molar-refractivity contribution in [3.05, 3.63) is 22.9 Å². The maximum absolute atomic E-state index is 5.89. The third-order valence-electron chi connectivity index (χ3n) is 1.99. The van der Waals surface area contributed by atoms with E-state index in [0.717, 1.165) is 29.5 Å². The fraction of sp³-hybridized carbons (Fsp3) is 0.500. The fourth-order valence-electron chi connectivity index (χ4n) is 1.23. The molecule has 3 N–H and O–H groups in total. The second-order valence-electron chi connectivity index (χ2n) is 3.29. The molecule has 1 aromatic heterocycles. The summed E-state index contributed by atoms with van der Waals surface area (Å²) in [5, 5.41) is 3.29. The van der Waals surface area contributed by atoms with Crippen molar-refractivity contribution in [1.29, 1.82) is 0 Å². The molecular formula is C10H16BrN3. The SMILES string of the molecule is CCCC(N)CNc1ccncc1Br. The van der Waals surface area contributed by atoms with Gasteiger partial charge in [-0.15, -0.1) is 0 Å². The van der Waals surface area contributed by atoms with Crippen molar-refractivity contribution in [2.75, 3.05) is 11.9 Å². The number of nitrogens with zero attached hydrogens (tertiary/aromatic N) is 1. The van der Waals surface area contributed by atoms with Crippen LogP contribution in [0.2, 0.25) is 0 Å². The van der Waals surface area contributed by atoms with Gasteiger partial charge in [-0.3, -0.25) is 4.98 Å². The van der Waals surface area contributed by atoms with Gasteiger partial charge in [0, 0.05) is 25.0 Å². The maximum Gasteiger partial charge on any atom is 0.0590 e. The summed E-state index contributed by atoms with van der Waals surface area (Å²) in [6.45, 7) is 2.94. The summed E-state index contributed by atoms with van der Waals surface area (Å²) < 4.78 is 0.976. The zero-order chi connectivity index (χ0) is 10.4. The number of anilines is 1. The summed E-state index contributed by atoms with van der Waals surface area (Å²) in [7, 11) is 0. The average molecular weight is 258 g/mol. The number of halogens is 1. The van der Waals surface area contributed by atoms with Crippen molar-refractivity contribution in [1.82, 2.24) is 4.98 Å². The zero-order valence-corrected chi connectivity index (χ0v) is 9.92. The Morgan fingerprint density at radius 1 is 1.64 bits per heavy atom. The van der Waals surface area contributed by atoms with Gasteiger partial charge in [-0.25, -0.2) is 0 Å². The molecule has 0 aliphatic carbocycles. The van der Waals surface area contributed by atoms with Crippen LogP contribution in [-0.2, 0) is 0 Å². The molecule has 0 radical (unpaired) electrons. The van der Waals surface area contributed by atoms with E-state index < -0.39 is 0 Å². The van der Waals surface area contributed by atoms with Crippen LogP contribution < -0.4 is 11.1 Å². The number of hydrogen-bond acceptors (Lipinski definition) is 3. The molecule has 0 saturated carbocycles. The minimum absolute atomic E-state index is 0.222. The van der Waals surface area contributed by atoms with Crippen LogP contribution in [0.25, 0.3) is 0 Å². The highest BCUT2D eigenvalue weighted by molar-refractivity contribution is 9.10. The Labute approximate surface area is 93.2 Å². The Morgan fingerprint density at radius 3 is 3.07 bits per heavy atom. The Hall–Kier alpha value is -0.610. The van der Waals surface area contributed by atoms with E-state index in [0.29, 0.717) is 0 Å². The van der Waals surface area contributed by atoms with Crippen LogP contribution in [0.5, 0.6) is 0 Å². The molecule has 1 heterocycles. The topological polar surface area (TPSA) is 50.9 Å².